The number of carbonyl (C=O) groups is 1. The van der Waals surface area contributed by atoms with E-state index in [2.05, 4.69) is 10.3 Å². The molecule has 108 valence electrons. The zero-order chi connectivity index (χ0) is 15.1. The van der Waals surface area contributed by atoms with Crippen molar-refractivity contribution >= 4 is 11.7 Å². The third-order valence-corrected chi connectivity index (χ3v) is 3.24. The molecule has 0 amide bonds. The number of benzene rings is 1. The quantitative estimate of drug-likeness (QED) is 0.680. The second-order valence-electron chi connectivity index (χ2n) is 4.71. The number of nitrogens with zero attached hydrogens (tertiary/aromatic N) is 4. The lowest BCUT2D eigenvalue weighted by Gasteiger charge is -2.06. The molecule has 0 bridgehead atoms. The summed E-state index contributed by atoms with van der Waals surface area (Å²) < 4.78 is 14.9. The number of nitro groups is 1. The number of aromatic carboxylic acids is 1. The third-order valence-electron chi connectivity index (χ3n) is 3.24. The van der Waals surface area contributed by atoms with Gasteiger partial charge in [0.15, 0.2) is 5.69 Å². The molecule has 0 aliphatic heterocycles. The van der Waals surface area contributed by atoms with Gasteiger partial charge in [0.05, 0.1) is 16.3 Å². The van der Waals surface area contributed by atoms with Crippen molar-refractivity contribution in [2.75, 3.05) is 0 Å². The fourth-order valence-corrected chi connectivity index (χ4v) is 2.13. The monoisotopic (exact) mass is 292 g/mol. The van der Waals surface area contributed by atoms with Gasteiger partial charge in [-0.1, -0.05) is 5.21 Å². The van der Waals surface area contributed by atoms with Gasteiger partial charge in [0, 0.05) is 18.1 Å². The third kappa shape index (κ3) is 2.22. The summed E-state index contributed by atoms with van der Waals surface area (Å²) in [5.41, 5.74) is -0.211. The molecule has 1 aliphatic rings. The Balaban J connectivity index is 2.11. The molecule has 1 aliphatic carbocycles. The number of hydrogen-bond donors (Lipinski definition) is 1. The molecule has 0 spiro atoms. The molecular formula is C12H9FN4O4. The van der Waals surface area contributed by atoms with Crippen LogP contribution in [-0.4, -0.2) is 31.0 Å². The summed E-state index contributed by atoms with van der Waals surface area (Å²) in [6, 6.07) is 3.28. The maximum atomic E-state index is 13.7. The zero-order valence-corrected chi connectivity index (χ0v) is 10.6. The summed E-state index contributed by atoms with van der Waals surface area (Å²) in [5.74, 6) is -2.19. The number of hydrogen-bond acceptors (Lipinski definition) is 5. The highest BCUT2D eigenvalue weighted by Gasteiger charge is 2.34. The molecule has 21 heavy (non-hydrogen) atoms. The summed E-state index contributed by atoms with van der Waals surface area (Å²) in [5, 5.41) is 27.0. The molecule has 2 aromatic rings. The zero-order valence-electron chi connectivity index (χ0n) is 10.6. The summed E-state index contributed by atoms with van der Waals surface area (Å²) in [7, 11) is 0. The van der Waals surface area contributed by atoms with E-state index in [9.17, 15) is 19.3 Å². The highest BCUT2D eigenvalue weighted by atomic mass is 19.1. The second kappa shape index (κ2) is 4.62. The molecule has 3 rings (SSSR count). The molecule has 0 radical (unpaired) electrons. The first kappa shape index (κ1) is 13.2. The molecule has 1 aromatic heterocycles. The van der Waals surface area contributed by atoms with Crippen LogP contribution in [0.1, 0.15) is 34.9 Å². The van der Waals surface area contributed by atoms with E-state index >= 15 is 0 Å². The van der Waals surface area contributed by atoms with Crippen LogP contribution in [0.2, 0.25) is 0 Å². The number of aromatic nitrogens is 3. The predicted octanol–water partition coefficient (Wildman–Crippen LogP) is 1.89. The Morgan fingerprint density at radius 3 is 2.71 bits per heavy atom. The largest absolute Gasteiger partial charge is 0.476 e. The highest BCUT2D eigenvalue weighted by molar-refractivity contribution is 5.87. The number of carboxylic acid groups (broad SMARTS) is 1. The molecule has 1 N–H and O–H groups in total. The van der Waals surface area contributed by atoms with Gasteiger partial charge in [0.2, 0.25) is 5.82 Å². The van der Waals surface area contributed by atoms with Gasteiger partial charge in [0.25, 0.3) is 0 Å². The molecular weight excluding hydrogens is 283 g/mol. The lowest BCUT2D eigenvalue weighted by molar-refractivity contribution is -0.387. The molecule has 0 saturated heterocycles. The van der Waals surface area contributed by atoms with Crippen LogP contribution in [0.4, 0.5) is 10.1 Å². The van der Waals surface area contributed by atoms with Crippen molar-refractivity contribution in [1.82, 2.24) is 15.0 Å². The molecule has 8 nitrogen and oxygen atoms in total. The number of rotatable bonds is 4. The Kier molecular flexibility index (Phi) is 2.89. The van der Waals surface area contributed by atoms with Crippen LogP contribution >= 0.6 is 0 Å². The van der Waals surface area contributed by atoms with Crippen molar-refractivity contribution in [1.29, 1.82) is 0 Å². The van der Waals surface area contributed by atoms with Crippen LogP contribution in [0.5, 0.6) is 0 Å². The van der Waals surface area contributed by atoms with E-state index in [1.54, 1.807) is 0 Å². The second-order valence-corrected chi connectivity index (χ2v) is 4.71. The van der Waals surface area contributed by atoms with Gasteiger partial charge in [-0.2, -0.15) is 4.39 Å². The van der Waals surface area contributed by atoms with Crippen LogP contribution in [0.25, 0.3) is 5.69 Å². The molecule has 1 saturated carbocycles. The topological polar surface area (TPSA) is 111 Å². The predicted molar refractivity (Wildman–Crippen MR) is 66.9 cm³/mol. The van der Waals surface area contributed by atoms with Gasteiger partial charge in [-0.05, 0) is 18.9 Å². The van der Waals surface area contributed by atoms with E-state index in [1.807, 2.05) is 0 Å². The Labute approximate surface area is 117 Å². The highest BCUT2D eigenvalue weighted by Crippen LogP contribution is 2.42. The first-order valence-corrected chi connectivity index (χ1v) is 6.12. The van der Waals surface area contributed by atoms with Crippen LogP contribution in [0.15, 0.2) is 18.2 Å². The van der Waals surface area contributed by atoms with Crippen molar-refractivity contribution < 1.29 is 19.2 Å². The van der Waals surface area contributed by atoms with Crippen molar-refractivity contribution in [3.8, 4) is 5.69 Å². The summed E-state index contributed by atoms with van der Waals surface area (Å²) >= 11 is 0. The van der Waals surface area contributed by atoms with Crippen molar-refractivity contribution in [3.63, 3.8) is 0 Å². The van der Waals surface area contributed by atoms with Crippen LogP contribution in [0, 0.1) is 15.9 Å². The van der Waals surface area contributed by atoms with Crippen LogP contribution in [-0.2, 0) is 0 Å². The maximum Gasteiger partial charge on any atom is 0.358 e. The van der Waals surface area contributed by atoms with Gasteiger partial charge in [-0.25, -0.2) is 9.48 Å². The first-order chi connectivity index (χ1) is 9.99. The van der Waals surface area contributed by atoms with Crippen molar-refractivity contribution in [2.45, 2.75) is 18.8 Å². The fourth-order valence-electron chi connectivity index (χ4n) is 2.13. The van der Waals surface area contributed by atoms with Crippen molar-refractivity contribution in [2.24, 2.45) is 0 Å². The molecule has 0 atom stereocenters. The average Bonchev–Trinajstić information content (AvgIpc) is 3.16. The first-order valence-electron chi connectivity index (χ1n) is 6.12. The van der Waals surface area contributed by atoms with Gasteiger partial charge in [0.1, 0.15) is 0 Å². The van der Waals surface area contributed by atoms with E-state index in [-0.39, 0.29) is 17.3 Å². The van der Waals surface area contributed by atoms with E-state index in [4.69, 9.17) is 5.11 Å². The number of nitro benzene ring substituents is 1. The minimum atomic E-state index is -1.20. The van der Waals surface area contributed by atoms with E-state index in [1.165, 1.54) is 10.7 Å². The Morgan fingerprint density at radius 2 is 2.19 bits per heavy atom. The Morgan fingerprint density at radius 1 is 1.48 bits per heavy atom. The van der Waals surface area contributed by atoms with Gasteiger partial charge < -0.3 is 5.11 Å². The number of carboxylic acids is 1. The van der Waals surface area contributed by atoms with Gasteiger partial charge >= 0.3 is 11.7 Å². The molecule has 1 fully saturated rings. The van der Waals surface area contributed by atoms with E-state index < -0.39 is 22.4 Å². The van der Waals surface area contributed by atoms with Crippen molar-refractivity contribution in [3.05, 3.63) is 45.5 Å². The van der Waals surface area contributed by atoms with E-state index in [0.29, 0.717) is 5.69 Å². The summed E-state index contributed by atoms with van der Waals surface area (Å²) in [6.07, 6.45) is 1.62. The van der Waals surface area contributed by atoms with Gasteiger partial charge in [-0.15, -0.1) is 5.10 Å². The lowest BCUT2D eigenvalue weighted by Crippen LogP contribution is -2.06. The summed E-state index contributed by atoms with van der Waals surface area (Å²) in [4.78, 5) is 20.9. The summed E-state index contributed by atoms with van der Waals surface area (Å²) in [6.45, 7) is 0. The lowest BCUT2D eigenvalue weighted by atomic mass is 10.2. The molecule has 0 unspecified atom stereocenters. The fraction of sp³-hybridized carbons (Fsp3) is 0.250. The van der Waals surface area contributed by atoms with E-state index in [0.717, 1.165) is 25.0 Å². The molecule has 1 aromatic carbocycles. The Hall–Kier alpha value is -2.84. The van der Waals surface area contributed by atoms with Gasteiger partial charge in [-0.3, -0.25) is 10.1 Å². The smallest absolute Gasteiger partial charge is 0.358 e. The molecule has 9 heteroatoms. The standard InChI is InChI=1S/C12H9FN4O4/c13-8-5-7(3-4-9(8)17(20)21)16-11(6-1-2-6)10(12(18)19)14-15-16/h3-6H,1-2H2,(H,18,19). The molecule has 1 heterocycles. The Bertz CT molecular complexity index is 754. The number of halogens is 1. The SMILES string of the molecule is O=C(O)c1nnn(-c2ccc([N+](=O)[O-])c(F)c2)c1C1CC1. The van der Waals surface area contributed by atoms with Crippen LogP contribution in [0.3, 0.4) is 0 Å². The minimum Gasteiger partial charge on any atom is -0.476 e. The average molecular weight is 292 g/mol. The van der Waals surface area contributed by atoms with Crippen LogP contribution < -0.4 is 0 Å². The minimum absolute atomic E-state index is 0.0179. The normalized spacial score (nSPS) is 14.1. The maximum absolute atomic E-state index is 13.7.